The third kappa shape index (κ3) is 4.13. The van der Waals surface area contributed by atoms with Gasteiger partial charge >= 0.3 is 0 Å². The Balaban J connectivity index is 1.52. The number of carbonyl (C=O) groups excluding carboxylic acids is 1. The molecule has 1 N–H and O–H groups in total. The van der Waals surface area contributed by atoms with Gasteiger partial charge in [0.1, 0.15) is 17.6 Å². The Bertz CT molecular complexity index is 1520. The van der Waals surface area contributed by atoms with E-state index in [-0.39, 0.29) is 18.0 Å². The lowest BCUT2D eigenvalue weighted by atomic mass is 10.2. The van der Waals surface area contributed by atoms with Crippen molar-refractivity contribution in [2.45, 2.75) is 19.6 Å². The smallest absolute Gasteiger partial charge is 0.278 e. The first-order valence-electron chi connectivity index (χ1n) is 10.6. The highest BCUT2D eigenvalue weighted by Gasteiger charge is 2.18. The summed E-state index contributed by atoms with van der Waals surface area (Å²) in [7, 11) is 0. The predicted octanol–water partition coefficient (Wildman–Crippen LogP) is 4.37. The topological polar surface area (TPSA) is 68.9 Å². The summed E-state index contributed by atoms with van der Waals surface area (Å²) >= 11 is 6.20. The monoisotopic (exact) mass is 456 g/mol. The molecular formula is C26H21ClN4O2. The van der Waals surface area contributed by atoms with Crippen LogP contribution in [0.2, 0.25) is 5.02 Å². The van der Waals surface area contributed by atoms with Crippen LogP contribution in [0.1, 0.15) is 11.1 Å². The fourth-order valence-corrected chi connectivity index (χ4v) is 4.24. The van der Waals surface area contributed by atoms with E-state index in [4.69, 9.17) is 11.6 Å². The highest BCUT2D eigenvalue weighted by atomic mass is 35.5. The van der Waals surface area contributed by atoms with Crippen molar-refractivity contribution in [2.75, 3.05) is 0 Å². The van der Waals surface area contributed by atoms with Gasteiger partial charge in [0.2, 0.25) is 5.91 Å². The average Bonchev–Trinajstić information content (AvgIpc) is 3.15. The maximum Gasteiger partial charge on any atom is 0.278 e. The number of fused-ring (bicyclic) bond motifs is 3. The molecule has 0 aliphatic heterocycles. The lowest BCUT2D eigenvalue weighted by Crippen LogP contribution is -2.29. The third-order valence-corrected chi connectivity index (χ3v) is 6.03. The summed E-state index contributed by atoms with van der Waals surface area (Å²) in [6.45, 7) is 0.718. The molecule has 3 aromatic carbocycles. The molecule has 0 aliphatic carbocycles. The van der Waals surface area contributed by atoms with Crippen molar-refractivity contribution in [3.05, 3.63) is 112 Å². The van der Waals surface area contributed by atoms with E-state index >= 15 is 0 Å². The second kappa shape index (κ2) is 8.92. The van der Waals surface area contributed by atoms with Gasteiger partial charge in [0, 0.05) is 17.0 Å². The molecule has 1 amide bonds. The Morgan fingerprint density at radius 3 is 2.48 bits per heavy atom. The van der Waals surface area contributed by atoms with Gasteiger partial charge in [-0.2, -0.15) is 0 Å². The second-order valence-electron chi connectivity index (χ2n) is 7.83. The lowest BCUT2D eigenvalue weighted by molar-refractivity contribution is -0.121. The van der Waals surface area contributed by atoms with E-state index in [0.717, 1.165) is 22.0 Å². The number of nitrogens with one attached hydrogen (secondary N) is 1. The predicted molar refractivity (Wildman–Crippen MR) is 130 cm³/mol. The molecule has 0 atom stereocenters. The minimum absolute atomic E-state index is 0.000730. The summed E-state index contributed by atoms with van der Waals surface area (Å²) in [5.74, 6) is -0.213. The van der Waals surface area contributed by atoms with Crippen LogP contribution in [-0.4, -0.2) is 20.0 Å². The number of halogens is 1. The van der Waals surface area contributed by atoms with Crippen molar-refractivity contribution in [2.24, 2.45) is 0 Å². The van der Waals surface area contributed by atoms with Crippen molar-refractivity contribution in [3.63, 3.8) is 0 Å². The molecule has 2 aromatic heterocycles. The summed E-state index contributed by atoms with van der Waals surface area (Å²) in [5.41, 5.74) is 3.46. The van der Waals surface area contributed by atoms with E-state index in [1.54, 1.807) is 21.5 Å². The summed E-state index contributed by atoms with van der Waals surface area (Å²) in [5, 5.41) is 4.35. The number of benzene rings is 3. The number of carbonyl (C=O) groups is 1. The SMILES string of the molecule is O=C(Cn1c2ccccc2c2ncn(Cc3ccccc3)c(=O)c21)NCc1ccccc1Cl. The highest BCUT2D eigenvalue weighted by molar-refractivity contribution is 6.31. The summed E-state index contributed by atoms with van der Waals surface area (Å²) < 4.78 is 3.33. The van der Waals surface area contributed by atoms with Crippen molar-refractivity contribution >= 4 is 39.4 Å². The van der Waals surface area contributed by atoms with Crippen LogP contribution in [0, 0.1) is 0 Å². The fraction of sp³-hybridized carbons (Fsp3) is 0.115. The number of amides is 1. The molecule has 0 bridgehead atoms. The highest BCUT2D eigenvalue weighted by Crippen LogP contribution is 2.25. The molecule has 7 heteroatoms. The summed E-state index contributed by atoms with van der Waals surface area (Å²) in [4.78, 5) is 30.9. The molecule has 0 saturated heterocycles. The minimum Gasteiger partial charge on any atom is -0.350 e. The first kappa shape index (κ1) is 21.0. The molecule has 164 valence electrons. The quantitative estimate of drug-likeness (QED) is 0.412. The number of nitrogens with zero attached hydrogens (tertiary/aromatic N) is 3. The first-order chi connectivity index (χ1) is 16.1. The number of hydrogen-bond donors (Lipinski definition) is 1. The fourth-order valence-electron chi connectivity index (χ4n) is 4.04. The Morgan fingerprint density at radius 2 is 1.67 bits per heavy atom. The molecule has 0 fully saturated rings. The van der Waals surface area contributed by atoms with E-state index < -0.39 is 0 Å². The largest absolute Gasteiger partial charge is 0.350 e. The van der Waals surface area contributed by atoms with Crippen LogP contribution in [0.5, 0.6) is 0 Å². The zero-order valence-corrected chi connectivity index (χ0v) is 18.5. The van der Waals surface area contributed by atoms with Crippen LogP contribution in [0.25, 0.3) is 21.9 Å². The van der Waals surface area contributed by atoms with Gasteiger partial charge < -0.3 is 9.88 Å². The zero-order valence-electron chi connectivity index (χ0n) is 17.7. The summed E-state index contributed by atoms with van der Waals surface area (Å²) in [6, 6.07) is 24.7. The minimum atomic E-state index is -0.213. The molecule has 0 radical (unpaired) electrons. The van der Waals surface area contributed by atoms with Crippen molar-refractivity contribution in [1.82, 2.24) is 19.4 Å². The van der Waals surface area contributed by atoms with Gasteiger partial charge in [0.15, 0.2) is 0 Å². The van der Waals surface area contributed by atoms with Crippen LogP contribution in [0.15, 0.2) is 90.0 Å². The van der Waals surface area contributed by atoms with Crippen LogP contribution in [0.3, 0.4) is 0 Å². The van der Waals surface area contributed by atoms with Gasteiger partial charge in [0.05, 0.1) is 18.4 Å². The number of rotatable bonds is 6. The van der Waals surface area contributed by atoms with Gasteiger partial charge in [-0.25, -0.2) is 4.98 Å². The molecule has 0 saturated carbocycles. The van der Waals surface area contributed by atoms with Gasteiger partial charge in [-0.15, -0.1) is 0 Å². The first-order valence-corrected chi connectivity index (χ1v) is 11.0. The van der Waals surface area contributed by atoms with Crippen molar-refractivity contribution in [1.29, 1.82) is 0 Å². The number of aromatic nitrogens is 3. The summed E-state index contributed by atoms with van der Waals surface area (Å²) in [6.07, 6.45) is 1.58. The van der Waals surface area contributed by atoms with Crippen molar-refractivity contribution < 1.29 is 4.79 Å². The Hall–Kier alpha value is -3.90. The van der Waals surface area contributed by atoms with E-state index in [2.05, 4.69) is 10.3 Å². The van der Waals surface area contributed by atoms with Gasteiger partial charge in [-0.1, -0.05) is 78.3 Å². The molecule has 5 rings (SSSR count). The normalized spacial score (nSPS) is 11.2. The second-order valence-corrected chi connectivity index (χ2v) is 8.24. The lowest BCUT2D eigenvalue weighted by Gasteiger charge is -2.10. The zero-order chi connectivity index (χ0) is 22.8. The maximum atomic E-state index is 13.5. The molecule has 33 heavy (non-hydrogen) atoms. The molecule has 0 spiro atoms. The molecule has 5 aromatic rings. The van der Waals surface area contributed by atoms with Crippen LogP contribution >= 0.6 is 11.6 Å². The maximum absolute atomic E-state index is 13.5. The van der Waals surface area contributed by atoms with Crippen LogP contribution < -0.4 is 10.9 Å². The van der Waals surface area contributed by atoms with E-state index in [1.807, 2.05) is 72.8 Å². The number of hydrogen-bond acceptors (Lipinski definition) is 3. The number of para-hydroxylation sites is 1. The molecule has 6 nitrogen and oxygen atoms in total. The molecule has 0 aliphatic rings. The van der Waals surface area contributed by atoms with Gasteiger partial charge in [0.25, 0.3) is 5.56 Å². The molecule has 2 heterocycles. The van der Waals surface area contributed by atoms with E-state index in [1.165, 1.54) is 0 Å². The Morgan fingerprint density at radius 1 is 0.939 bits per heavy atom. The van der Waals surface area contributed by atoms with E-state index in [9.17, 15) is 9.59 Å². The molecule has 0 unspecified atom stereocenters. The third-order valence-electron chi connectivity index (χ3n) is 5.67. The van der Waals surface area contributed by atoms with E-state index in [0.29, 0.717) is 29.1 Å². The molecular weight excluding hydrogens is 436 g/mol. The Kier molecular flexibility index (Phi) is 5.67. The average molecular weight is 457 g/mol. The van der Waals surface area contributed by atoms with Crippen LogP contribution in [0.4, 0.5) is 0 Å². The Labute approximate surface area is 195 Å². The van der Waals surface area contributed by atoms with Gasteiger partial charge in [-0.3, -0.25) is 14.2 Å². The van der Waals surface area contributed by atoms with Crippen molar-refractivity contribution in [3.8, 4) is 0 Å². The van der Waals surface area contributed by atoms with Gasteiger partial charge in [-0.05, 0) is 23.3 Å². The standard InChI is InChI=1S/C26H21ClN4O2/c27-21-12-6-4-10-19(21)14-28-23(32)16-31-22-13-7-5-11-20(22)24-25(31)26(33)30(17-29-24)15-18-8-2-1-3-9-18/h1-13,17H,14-16H2,(H,28,32). The van der Waals surface area contributed by atoms with Crippen LogP contribution in [-0.2, 0) is 24.4 Å².